The summed E-state index contributed by atoms with van der Waals surface area (Å²) < 4.78 is 19.3. The molecular formula is C29H33NO6. The number of pyridine rings is 1. The summed E-state index contributed by atoms with van der Waals surface area (Å²) in [7, 11) is 1.67. The lowest BCUT2D eigenvalue weighted by Crippen LogP contribution is -2.27. The predicted octanol–water partition coefficient (Wildman–Crippen LogP) is 5.13. The molecule has 0 saturated carbocycles. The standard InChI is InChI=1S/C29H33NO6/c1-18(2)36-17-20-15-30-16-25(29(32)33)27(31)14-26(30)23-12-24(21-9-6-5-8-19(21)3)28(13-22(20)23)35-11-7-10-34-4/h5-6,8-9,12-14,16,18,20H,7,10-11,15,17H2,1-4H3,(H,32,33)/t20-/m1/s1. The van der Waals surface area contributed by atoms with Gasteiger partial charge in [-0.1, -0.05) is 24.3 Å². The first-order chi connectivity index (χ1) is 17.3. The SMILES string of the molecule is COCCCOc1cc2c(cc1-c1ccccc1C)-c1cc(=O)c(C(=O)O)cn1C[C@@H]2COC(C)C. The van der Waals surface area contributed by atoms with Gasteiger partial charge in [-0.2, -0.15) is 0 Å². The molecule has 0 fully saturated rings. The summed E-state index contributed by atoms with van der Waals surface area (Å²) >= 11 is 0. The van der Waals surface area contributed by atoms with Crippen molar-refractivity contribution >= 4 is 5.97 Å². The molecule has 2 heterocycles. The molecule has 0 spiro atoms. The summed E-state index contributed by atoms with van der Waals surface area (Å²) in [5.74, 6) is -0.491. The largest absolute Gasteiger partial charge is 0.493 e. The summed E-state index contributed by atoms with van der Waals surface area (Å²) in [5.41, 5.74) is 4.94. The number of hydrogen-bond acceptors (Lipinski definition) is 5. The minimum Gasteiger partial charge on any atom is -0.493 e. The monoisotopic (exact) mass is 491 g/mol. The molecule has 0 saturated heterocycles. The number of nitrogens with zero attached hydrogens (tertiary/aromatic N) is 1. The number of fused-ring (bicyclic) bond motifs is 3. The maximum absolute atomic E-state index is 12.7. The van der Waals surface area contributed by atoms with E-state index in [1.54, 1.807) is 7.11 Å². The smallest absolute Gasteiger partial charge is 0.341 e. The van der Waals surface area contributed by atoms with Gasteiger partial charge in [0.2, 0.25) is 0 Å². The van der Waals surface area contributed by atoms with E-state index in [4.69, 9.17) is 14.2 Å². The summed E-state index contributed by atoms with van der Waals surface area (Å²) in [6.07, 6.45) is 2.26. The highest BCUT2D eigenvalue weighted by Crippen LogP contribution is 2.43. The van der Waals surface area contributed by atoms with Gasteiger partial charge in [-0.3, -0.25) is 4.79 Å². The van der Waals surface area contributed by atoms with Gasteiger partial charge in [0, 0.05) is 56.0 Å². The van der Waals surface area contributed by atoms with Crippen molar-refractivity contribution in [1.82, 2.24) is 4.57 Å². The molecule has 190 valence electrons. The maximum Gasteiger partial charge on any atom is 0.341 e. The lowest BCUT2D eigenvalue weighted by Gasteiger charge is -2.31. The number of aryl methyl sites for hydroxylation is 1. The second kappa shape index (κ2) is 11.1. The van der Waals surface area contributed by atoms with Crippen LogP contribution in [0.25, 0.3) is 22.4 Å². The molecule has 0 unspecified atom stereocenters. The van der Waals surface area contributed by atoms with Gasteiger partial charge >= 0.3 is 5.97 Å². The summed E-state index contributed by atoms with van der Waals surface area (Å²) in [6, 6.07) is 13.7. The van der Waals surface area contributed by atoms with E-state index >= 15 is 0 Å². The Hall–Kier alpha value is -3.42. The Bertz CT molecular complexity index is 1310. The van der Waals surface area contributed by atoms with Crippen LogP contribution in [0, 0.1) is 6.92 Å². The van der Waals surface area contributed by atoms with Gasteiger partial charge in [0.15, 0.2) is 5.43 Å². The maximum atomic E-state index is 12.7. The van der Waals surface area contributed by atoms with Crippen molar-refractivity contribution in [2.45, 2.75) is 45.8 Å². The van der Waals surface area contributed by atoms with Crippen molar-refractivity contribution in [1.29, 1.82) is 0 Å². The number of carboxylic acids is 1. The van der Waals surface area contributed by atoms with Crippen LogP contribution in [-0.2, 0) is 16.0 Å². The van der Waals surface area contributed by atoms with Gasteiger partial charge in [0.1, 0.15) is 11.3 Å². The van der Waals surface area contributed by atoms with Crippen molar-refractivity contribution in [2.75, 3.05) is 26.9 Å². The number of aromatic nitrogens is 1. The number of carboxylic acid groups (broad SMARTS) is 1. The minimum absolute atomic E-state index is 0.0358. The molecule has 36 heavy (non-hydrogen) atoms. The van der Waals surface area contributed by atoms with Crippen molar-refractivity contribution in [3.05, 3.63) is 75.6 Å². The summed E-state index contributed by atoms with van der Waals surface area (Å²) in [6.45, 7) is 8.12. The van der Waals surface area contributed by atoms with E-state index in [0.29, 0.717) is 32.1 Å². The summed E-state index contributed by atoms with van der Waals surface area (Å²) in [4.78, 5) is 24.3. The molecule has 3 aromatic rings. The van der Waals surface area contributed by atoms with Crippen LogP contribution in [0.3, 0.4) is 0 Å². The Morgan fingerprint density at radius 1 is 1.11 bits per heavy atom. The molecule has 4 rings (SSSR count). The fraction of sp³-hybridized carbons (Fsp3) is 0.379. The molecule has 1 atom stereocenters. The third kappa shape index (κ3) is 5.37. The van der Waals surface area contributed by atoms with E-state index in [0.717, 1.165) is 40.0 Å². The highest BCUT2D eigenvalue weighted by atomic mass is 16.5. The van der Waals surface area contributed by atoms with Gasteiger partial charge in [-0.05, 0) is 49.6 Å². The van der Waals surface area contributed by atoms with E-state index in [2.05, 4.69) is 31.2 Å². The first-order valence-electron chi connectivity index (χ1n) is 12.3. The number of rotatable bonds is 10. The van der Waals surface area contributed by atoms with Crippen molar-refractivity contribution in [3.63, 3.8) is 0 Å². The molecule has 1 aliphatic rings. The topological polar surface area (TPSA) is 87.0 Å². The van der Waals surface area contributed by atoms with Crippen LogP contribution >= 0.6 is 0 Å². The quantitative estimate of drug-likeness (QED) is 0.396. The van der Waals surface area contributed by atoms with Crippen LogP contribution in [0.15, 0.2) is 53.5 Å². The van der Waals surface area contributed by atoms with E-state index in [1.165, 1.54) is 12.3 Å². The van der Waals surface area contributed by atoms with Crippen LogP contribution < -0.4 is 10.2 Å². The highest BCUT2D eigenvalue weighted by Gasteiger charge is 2.29. The summed E-state index contributed by atoms with van der Waals surface area (Å²) in [5, 5.41) is 9.52. The minimum atomic E-state index is -1.23. The molecule has 0 radical (unpaired) electrons. The van der Waals surface area contributed by atoms with Crippen LogP contribution in [0.5, 0.6) is 5.75 Å². The zero-order valence-electron chi connectivity index (χ0n) is 21.2. The molecule has 0 bridgehead atoms. The molecular weight excluding hydrogens is 458 g/mol. The van der Waals surface area contributed by atoms with Gasteiger partial charge in [-0.25, -0.2) is 4.79 Å². The second-order valence-electron chi connectivity index (χ2n) is 9.42. The van der Waals surface area contributed by atoms with E-state index in [9.17, 15) is 14.7 Å². The van der Waals surface area contributed by atoms with Gasteiger partial charge in [0.05, 0.1) is 25.0 Å². The number of carbonyl (C=O) groups is 1. The Balaban J connectivity index is 1.91. The third-order valence-electron chi connectivity index (χ3n) is 6.46. The first kappa shape index (κ1) is 25.7. The number of aromatic carboxylic acids is 1. The lowest BCUT2D eigenvalue weighted by molar-refractivity contribution is 0.0636. The average Bonchev–Trinajstić information content (AvgIpc) is 2.85. The molecule has 1 aliphatic heterocycles. The van der Waals surface area contributed by atoms with Gasteiger partial charge < -0.3 is 23.9 Å². The highest BCUT2D eigenvalue weighted by molar-refractivity contribution is 5.88. The van der Waals surface area contributed by atoms with Crippen molar-refractivity contribution < 1.29 is 24.1 Å². The Kier molecular flexibility index (Phi) is 7.91. The van der Waals surface area contributed by atoms with Crippen LogP contribution in [0.1, 0.15) is 47.7 Å². The van der Waals surface area contributed by atoms with Crippen molar-refractivity contribution in [2.24, 2.45) is 0 Å². The van der Waals surface area contributed by atoms with Crippen LogP contribution in [0.4, 0.5) is 0 Å². The normalized spacial score (nSPS) is 14.4. The predicted molar refractivity (Wildman–Crippen MR) is 139 cm³/mol. The average molecular weight is 492 g/mol. The zero-order valence-corrected chi connectivity index (χ0v) is 21.2. The number of benzene rings is 2. The molecule has 0 aliphatic carbocycles. The lowest BCUT2D eigenvalue weighted by atomic mass is 9.85. The van der Waals surface area contributed by atoms with Crippen LogP contribution in [-0.4, -0.2) is 48.7 Å². The fourth-order valence-corrected chi connectivity index (χ4v) is 4.65. The van der Waals surface area contributed by atoms with E-state index in [-0.39, 0.29) is 17.6 Å². The Morgan fingerprint density at radius 2 is 1.89 bits per heavy atom. The van der Waals surface area contributed by atoms with Gasteiger partial charge in [0.25, 0.3) is 0 Å². The zero-order chi connectivity index (χ0) is 25.8. The Morgan fingerprint density at radius 3 is 2.58 bits per heavy atom. The molecule has 1 aromatic heterocycles. The third-order valence-corrected chi connectivity index (χ3v) is 6.46. The van der Waals surface area contributed by atoms with E-state index < -0.39 is 11.4 Å². The van der Waals surface area contributed by atoms with Crippen molar-refractivity contribution in [3.8, 4) is 28.1 Å². The molecule has 7 heteroatoms. The first-order valence-corrected chi connectivity index (χ1v) is 12.3. The van der Waals surface area contributed by atoms with Gasteiger partial charge in [-0.15, -0.1) is 0 Å². The second-order valence-corrected chi connectivity index (χ2v) is 9.42. The Labute approximate surface area is 211 Å². The molecule has 2 aromatic carbocycles. The number of methoxy groups -OCH3 is 1. The van der Waals surface area contributed by atoms with E-state index in [1.807, 2.05) is 30.5 Å². The van der Waals surface area contributed by atoms with Crippen LogP contribution in [0.2, 0.25) is 0 Å². The fourth-order valence-electron chi connectivity index (χ4n) is 4.65. The number of hydrogen-bond donors (Lipinski definition) is 1. The number of ether oxygens (including phenoxy) is 3. The molecule has 1 N–H and O–H groups in total. The molecule has 7 nitrogen and oxygen atoms in total. The molecule has 0 amide bonds.